The standard InChI is InChI=1S/C17H34N2O2S/c1-7-19(15(20)21-16(2,3)4)10-8-9-18-14-11-17(5,6)13-22-12-14/h14,18H,7-13H2,1-6H3. The fourth-order valence-electron chi connectivity index (χ4n) is 2.67. The Morgan fingerprint density at radius 2 is 2.09 bits per heavy atom. The zero-order valence-corrected chi connectivity index (χ0v) is 16.0. The van der Waals surface area contributed by atoms with Crippen molar-refractivity contribution in [3.05, 3.63) is 0 Å². The second-order valence-corrected chi connectivity index (χ2v) is 8.98. The number of nitrogens with one attached hydrogen (secondary N) is 1. The Kier molecular flexibility index (Phi) is 7.53. The molecule has 5 heteroatoms. The number of thioether (sulfide) groups is 1. The van der Waals surface area contributed by atoms with Crippen LogP contribution in [0.15, 0.2) is 0 Å². The van der Waals surface area contributed by atoms with Crippen molar-refractivity contribution in [2.75, 3.05) is 31.1 Å². The summed E-state index contributed by atoms with van der Waals surface area (Å²) < 4.78 is 5.43. The third-order valence-corrected chi connectivity index (χ3v) is 5.31. The van der Waals surface area contributed by atoms with Gasteiger partial charge >= 0.3 is 6.09 Å². The van der Waals surface area contributed by atoms with E-state index in [1.807, 2.05) is 39.5 Å². The summed E-state index contributed by atoms with van der Waals surface area (Å²) in [4.78, 5) is 13.8. The average Bonchev–Trinajstić information content (AvgIpc) is 2.35. The van der Waals surface area contributed by atoms with Crippen LogP contribution >= 0.6 is 11.8 Å². The molecule has 22 heavy (non-hydrogen) atoms. The van der Waals surface area contributed by atoms with Crippen LogP contribution in [-0.4, -0.2) is 53.8 Å². The largest absolute Gasteiger partial charge is 0.444 e. The molecule has 0 radical (unpaired) electrons. The molecule has 1 heterocycles. The van der Waals surface area contributed by atoms with Gasteiger partial charge in [-0.25, -0.2) is 4.79 Å². The number of amides is 1. The van der Waals surface area contributed by atoms with E-state index < -0.39 is 5.60 Å². The van der Waals surface area contributed by atoms with Crippen LogP contribution in [0.25, 0.3) is 0 Å². The quantitative estimate of drug-likeness (QED) is 0.753. The molecule has 0 saturated carbocycles. The van der Waals surface area contributed by atoms with Gasteiger partial charge in [-0.05, 0) is 58.2 Å². The van der Waals surface area contributed by atoms with E-state index in [1.165, 1.54) is 17.9 Å². The van der Waals surface area contributed by atoms with Gasteiger partial charge in [0.15, 0.2) is 0 Å². The highest BCUT2D eigenvalue weighted by Crippen LogP contribution is 2.33. The summed E-state index contributed by atoms with van der Waals surface area (Å²) in [5.41, 5.74) is 0.0141. The van der Waals surface area contributed by atoms with Crippen LogP contribution in [0.2, 0.25) is 0 Å². The first-order valence-electron chi connectivity index (χ1n) is 8.42. The van der Waals surface area contributed by atoms with Crippen LogP contribution in [0, 0.1) is 5.41 Å². The van der Waals surface area contributed by atoms with Gasteiger partial charge < -0.3 is 15.0 Å². The lowest BCUT2D eigenvalue weighted by atomic mass is 9.88. The molecule has 1 unspecified atom stereocenters. The molecule has 4 nitrogen and oxygen atoms in total. The van der Waals surface area contributed by atoms with Crippen molar-refractivity contribution >= 4 is 17.9 Å². The van der Waals surface area contributed by atoms with E-state index in [4.69, 9.17) is 4.74 Å². The number of carbonyl (C=O) groups excluding carboxylic acids is 1. The van der Waals surface area contributed by atoms with Gasteiger partial charge in [0.05, 0.1) is 0 Å². The molecule has 0 aliphatic carbocycles. The number of hydrogen-bond donors (Lipinski definition) is 1. The second kappa shape index (κ2) is 8.44. The van der Waals surface area contributed by atoms with Crippen LogP contribution < -0.4 is 5.32 Å². The molecule has 0 spiro atoms. The summed E-state index contributed by atoms with van der Waals surface area (Å²) in [6.07, 6.45) is 2.00. The maximum Gasteiger partial charge on any atom is 0.410 e. The van der Waals surface area contributed by atoms with Crippen molar-refractivity contribution in [2.45, 2.75) is 66.0 Å². The molecule has 1 aliphatic heterocycles. The number of ether oxygens (including phenoxy) is 1. The molecule has 0 bridgehead atoms. The molecule has 1 aliphatic rings. The molecule has 1 amide bonds. The fourth-order valence-corrected chi connectivity index (χ4v) is 3.98. The third kappa shape index (κ3) is 7.73. The van der Waals surface area contributed by atoms with Crippen molar-refractivity contribution in [3.63, 3.8) is 0 Å². The Morgan fingerprint density at radius 3 is 2.64 bits per heavy atom. The van der Waals surface area contributed by atoms with Gasteiger partial charge in [0.25, 0.3) is 0 Å². The lowest BCUT2D eigenvalue weighted by Gasteiger charge is -2.35. The SMILES string of the molecule is CCN(CCCNC1CSCC(C)(C)C1)C(=O)OC(C)(C)C. The fraction of sp³-hybridized carbons (Fsp3) is 0.941. The Bertz CT molecular complexity index is 353. The van der Waals surface area contributed by atoms with Crippen LogP contribution in [0.4, 0.5) is 4.79 Å². The molecule has 0 aromatic carbocycles. The smallest absolute Gasteiger partial charge is 0.410 e. The third-order valence-electron chi connectivity index (χ3n) is 3.68. The Hall–Kier alpha value is -0.420. The lowest BCUT2D eigenvalue weighted by molar-refractivity contribution is 0.0258. The summed E-state index contributed by atoms with van der Waals surface area (Å²) in [5, 5.41) is 3.64. The Morgan fingerprint density at radius 1 is 1.41 bits per heavy atom. The molecule has 1 saturated heterocycles. The minimum atomic E-state index is -0.423. The summed E-state index contributed by atoms with van der Waals surface area (Å²) in [6, 6.07) is 0.602. The van der Waals surface area contributed by atoms with Crippen molar-refractivity contribution < 1.29 is 9.53 Å². The van der Waals surface area contributed by atoms with Crippen molar-refractivity contribution in [2.24, 2.45) is 5.41 Å². The molecule has 1 N–H and O–H groups in total. The first kappa shape index (κ1) is 19.6. The predicted octanol–water partition coefficient (Wildman–Crippen LogP) is 3.75. The number of nitrogens with zero attached hydrogens (tertiary/aromatic N) is 1. The van der Waals surface area contributed by atoms with Gasteiger partial charge in [-0.15, -0.1) is 0 Å². The second-order valence-electron chi connectivity index (χ2n) is 7.95. The van der Waals surface area contributed by atoms with Gasteiger partial charge in [0.2, 0.25) is 0 Å². The van der Waals surface area contributed by atoms with E-state index in [0.717, 1.165) is 19.5 Å². The van der Waals surface area contributed by atoms with Crippen molar-refractivity contribution in [1.29, 1.82) is 0 Å². The zero-order valence-electron chi connectivity index (χ0n) is 15.2. The maximum atomic E-state index is 12.1. The monoisotopic (exact) mass is 330 g/mol. The van der Waals surface area contributed by atoms with E-state index in [-0.39, 0.29) is 6.09 Å². The Labute approximate surface area is 140 Å². The minimum absolute atomic E-state index is 0.204. The molecule has 1 fully saturated rings. The van der Waals surface area contributed by atoms with Gasteiger partial charge in [-0.3, -0.25) is 0 Å². The number of carbonyl (C=O) groups is 1. The number of hydrogen-bond acceptors (Lipinski definition) is 4. The van der Waals surface area contributed by atoms with E-state index >= 15 is 0 Å². The van der Waals surface area contributed by atoms with E-state index in [9.17, 15) is 4.79 Å². The van der Waals surface area contributed by atoms with Gasteiger partial charge in [0, 0.05) is 24.9 Å². The normalized spacial score (nSPS) is 21.5. The topological polar surface area (TPSA) is 41.6 Å². The summed E-state index contributed by atoms with van der Waals surface area (Å²) in [6.45, 7) is 14.8. The lowest BCUT2D eigenvalue weighted by Crippen LogP contribution is -2.42. The van der Waals surface area contributed by atoms with Crippen LogP contribution in [-0.2, 0) is 4.74 Å². The molecule has 1 rings (SSSR count). The van der Waals surface area contributed by atoms with Gasteiger partial charge in [-0.1, -0.05) is 13.8 Å². The highest BCUT2D eigenvalue weighted by molar-refractivity contribution is 7.99. The summed E-state index contributed by atoms with van der Waals surface area (Å²) in [5.74, 6) is 2.46. The highest BCUT2D eigenvalue weighted by Gasteiger charge is 2.28. The maximum absolute atomic E-state index is 12.1. The average molecular weight is 331 g/mol. The van der Waals surface area contributed by atoms with Crippen LogP contribution in [0.3, 0.4) is 0 Å². The summed E-state index contributed by atoms with van der Waals surface area (Å²) in [7, 11) is 0. The first-order valence-corrected chi connectivity index (χ1v) is 9.57. The molecule has 0 aromatic rings. The van der Waals surface area contributed by atoms with Gasteiger partial charge in [-0.2, -0.15) is 11.8 Å². The molecule has 0 aromatic heterocycles. The van der Waals surface area contributed by atoms with E-state index in [0.29, 0.717) is 18.0 Å². The first-order chi connectivity index (χ1) is 10.1. The van der Waals surface area contributed by atoms with Crippen molar-refractivity contribution in [3.8, 4) is 0 Å². The van der Waals surface area contributed by atoms with Crippen LogP contribution in [0.5, 0.6) is 0 Å². The summed E-state index contributed by atoms with van der Waals surface area (Å²) >= 11 is 2.04. The Balaban J connectivity index is 2.25. The van der Waals surface area contributed by atoms with Crippen molar-refractivity contribution in [1.82, 2.24) is 10.2 Å². The van der Waals surface area contributed by atoms with Crippen LogP contribution in [0.1, 0.15) is 54.4 Å². The van der Waals surface area contributed by atoms with E-state index in [1.54, 1.807) is 4.90 Å². The molecule has 130 valence electrons. The zero-order chi connectivity index (χ0) is 16.8. The molecular weight excluding hydrogens is 296 g/mol. The predicted molar refractivity (Wildman–Crippen MR) is 95.6 cm³/mol. The van der Waals surface area contributed by atoms with Gasteiger partial charge in [0.1, 0.15) is 5.60 Å². The number of rotatable bonds is 6. The molecule has 1 atom stereocenters. The molecular formula is C17H34N2O2S. The highest BCUT2D eigenvalue weighted by atomic mass is 32.2. The van der Waals surface area contributed by atoms with E-state index in [2.05, 4.69) is 19.2 Å². The minimum Gasteiger partial charge on any atom is -0.444 e.